The Hall–Kier alpha value is -2.41. The average Bonchev–Trinajstić information content (AvgIpc) is 2.91. The lowest BCUT2D eigenvalue weighted by Gasteiger charge is -2.17. The molecule has 2 amide bonds. The summed E-state index contributed by atoms with van der Waals surface area (Å²) >= 11 is 0. The van der Waals surface area contributed by atoms with E-state index in [1.165, 1.54) is 4.90 Å². The number of hydrogen-bond acceptors (Lipinski definition) is 4. The van der Waals surface area contributed by atoms with Crippen molar-refractivity contribution in [1.82, 2.24) is 15.5 Å². The number of aliphatic hydroxyl groups excluding tert-OH is 1. The quantitative estimate of drug-likeness (QED) is 0.329. The highest BCUT2D eigenvalue weighted by Gasteiger charge is 2.34. The van der Waals surface area contributed by atoms with E-state index in [0.29, 0.717) is 36.1 Å². The second kappa shape index (κ2) is 10.7. The van der Waals surface area contributed by atoms with E-state index in [-0.39, 0.29) is 25.0 Å². The van der Waals surface area contributed by atoms with Gasteiger partial charge in [0.1, 0.15) is 0 Å². The fraction of sp³-hybridized carbons (Fsp3) is 0.550. The first-order chi connectivity index (χ1) is 13.1. The zero-order chi connectivity index (χ0) is 19.6. The van der Waals surface area contributed by atoms with Crippen molar-refractivity contribution >= 4 is 17.8 Å². The summed E-state index contributed by atoms with van der Waals surface area (Å²) in [7, 11) is 0. The number of aliphatic hydroxyl groups is 1. The maximum absolute atomic E-state index is 12.4. The first-order valence-corrected chi connectivity index (χ1v) is 9.70. The predicted molar refractivity (Wildman–Crippen MR) is 106 cm³/mol. The molecule has 1 aromatic rings. The minimum atomic E-state index is -0.245. The summed E-state index contributed by atoms with van der Waals surface area (Å²) in [6.07, 6.45) is 2.83. The van der Waals surface area contributed by atoms with E-state index in [0.717, 1.165) is 25.8 Å². The number of rotatable bonds is 10. The molecule has 0 saturated carbocycles. The number of nitrogens with zero attached hydrogens (tertiary/aromatic N) is 2. The highest BCUT2D eigenvalue weighted by atomic mass is 16.3. The molecule has 7 nitrogen and oxygen atoms in total. The van der Waals surface area contributed by atoms with Gasteiger partial charge >= 0.3 is 0 Å². The van der Waals surface area contributed by atoms with Gasteiger partial charge in [0.2, 0.25) is 0 Å². The fourth-order valence-corrected chi connectivity index (χ4v) is 3.21. The molecule has 0 aromatic heterocycles. The van der Waals surface area contributed by atoms with Crippen molar-refractivity contribution in [2.24, 2.45) is 10.9 Å². The molecule has 1 unspecified atom stereocenters. The molecule has 0 fully saturated rings. The lowest BCUT2D eigenvalue weighted by Crippen LogP contribution is -2.43. The first-order valence-electron chi connectivity index (χ1n) is 9.70. The Morgan fingerprint density at radius 2 is 1.78 bits per heavy atom. The van der Waals surface area contributed by atoms with Crippen molar-refractivity contribution < 1.29 is 14.7 Å². The van der Waals surface area contributed by atoms with E-state index in [2.05, 4.69) is 22.5 Å². The van der Waals surface area contributed by atoms with Gasteiger partial charge in [0, 0.05) is 32.8 Å². The molecular weight excluding hydrogens is 344 g/mol. The maximum Gasteiger partial charge on any atom is 0.261 e. The Balaban J connectivity index is 1.90. The second-order valence-electron chi connectivity index (χ2n) is 6.62. The molecule has 0 saturated heterocycles. The summed E-state index contributed by atoms with van der Waals surface area (Å²) < 4.78 is 0. The van der Waals surface area contributed by atoms with Crippen molar-refractivity contribution in [3.05, 3.63) is 35.4 Å². The van der Waals surface area contributed by atoms with Crippen LogP contribution in [-0.2, 0) is 0 Å². The normalized spacial score (nSPS) is 15.1. The van der Waals surface area contributed by atoms with Crippen molar-refractivity contribution in [1.29, 1.82) is 0 Å². The van der Waals surface area contributed by atoms with Crippen LogP contribution in [-0.4, -0.2) is 60.6 Å². The zero-order valence-electron chi connectivity index (χ0n) is 16.2. The van der Waals surface area contributed by atoms with Crippen molar-refractivity contribution in [3.63, 3.8) is 0 Å². The number of hydrogen-bond donors (Lipinski definition) is 3. The summed E-state index contributed by atoms with van der Waals surface area (Å²) in [6, 6.07) is 6.90. The number of amides is 2. The van der Waals surface area contributed by atoms with Crippen LogP contribution in [0.4, 0.5) is 0 Å². The molecule has 0 bridgehead atoms. The van der Waals surface area contributed by atoms with E-state index in [1.54, 1.807) is 24.3 Å². The predicted octanol–water partition coefficient (Wildman–Crippen LogP) is 1.64. The van der Waals surface area contributed by atoms with Gasteiger partial charge in [0.05, 0.1) is 11.1 Å². The highest BCUT2D eigenvalue weighted by molar-refractivity contribution is 6.21. The topological polar surface area (TPSA) is 94.0 Å². The first kappa shape index (κ1) is 20.9. The Bertz CT molecular complexity index is 634. The van der Waals surface area contributed by atoms with Gasteiger partial charge < -0.3 is 15.7 Å². The third-order valence-corrected chi connectivity index (χ3v) is 4.59. The Labute approximate surface area is 160 Å². The van der Waals surface area contributed by atoms with E-state index in [1.807, 2.05) is 6.92 Å². The smallest absolute Gasteiger partial charge is 0.261 e. The number of aliphatic imine (C=N–C) groups is 1. The van der Waals surface area contributed by atoms with Gasteiger partial charge in [-0.25, -0.2) is 0 Å². The van der Waals surface area contributed by atoms with Gasteiger partial charge in [0.15, 0.2) is 5.96 Å². The van der Waals surface area contributed by atoms with Crippen LogP contribution in [0.5, 0.6) is 0 Å². The van der Waals surface area contributed by atoms with Gasteiger partial charge in [-0.2, -0.15) is 0 Å². The van der Waals surface area contributed by atoms with Crippen molar-refractivity contribution in [3.8, 4) is 0 Å². The zero-order valence-corrected chi connectivity index (χ0v) is 16.2. The molecule has 27 heavy (non-hydrogen) atoms. The molecule has 1 aliphatic rings. The van der Waals surface area contributed by atoms with Gasteiger partial charge in [0.25, 0.3) is 11.8 Å². The fourth-order valence-electron chi connectivity index (χ4n) is 3.21. The number of carbonyl (C=O) groups is 2. The maximum atomic E-state index is 12.4. The minimum absolute atomic E-state index is 0.171. The molecule has 0 radical (unpaired) electrons. The van der Waals surface area contributed by atoms with Gasteiger partial charge in [-0.1, -0.05) is 25.5 Å². The number of nitrogens with one attached hydrogen (secondary N) is 2. The third-order valence-electron chi connectivity index (χ3n) is 4.59. The SMILES string of the molecule is CCCC(CCO)CN=C(NCC)NCCN1C(=O)c2ccccc2C1=O. The van der Waals surface area contributed by atoms with Crippen LogP contribution in [0.1, 0.15) is 53.8 Å². The molecule has 1 aromatic carbocycles. The number of fused-ring (bicyclic) bond motifs is 1. The summed E-state index contributed by atoms with van der Waals surface area (Å²) in [5.74, 6) is 0.524. The molecule has 7 heteroatoms. The molecule has 1 aliphatic heterocycles. The lowest BCUT2D eigenvalue weighted by molar-refractivity contribution is 0.0657. The van der Waals surface area contributed by atoms with Crippen molar-refractivity contribution in [2.45, 2.75) is 33.1 Å². The number of carbonyl (C=O) groups excluding carboxylic acids is 2. The van der Waals surface area contributed by atoms with Gasteiger partial charge in [-0.05, 0) is 37.8 Å². The Morgan fingerprint density at radius 3 is 2.33 bits per heavy atom. The molecule has 2 rings (SSSR count). The molecule has 148 valence electrons. The second-order valence-corrected chi connectivity index (χ2v) is 6.62. The van der Waals surface area contributed by atoms with Crippen LogP contribution in [0.15, 0.2) is 29.3 Å². The summed E-state index contributed by atoms with van der Waals surface area (Å²) in [4.78, 5) is 30.6. The van der Waals surface area contributed by atoms with Gasteiger partial charge in [-0.15, -0.1) is 0 Å². The molecule has 1 heterocycles. The molecule has 0 spiro atoms. The molecule has 0 aliphatic carbocycles. The molecule has 3 N–H and O–H groups in total. The largest absolute Gasteiger partial charge is 0.396 e. The van der Waals surface area contributed by atoms with Crippen LogP contribution in [0.2, 0.25) is 0 Å². The number of guanidine groups is 1. The van der Waals surface area contributed by atoms with E-state index in [4.69, 9.17) is 5.11 Å². The third kappa shape index (κ3) is 5.53. The van der Waals surface area contributed by atoms with E-state index >= 15 is 0 Å². The van der Waals surface area contributed by atoms with E-state index < -0.39 is 0 Å². The summed E-state index contributed by atoms with van der Waals surface area (Å²) in [5.41, 5.74) is 0.934. The minimum Gasteiger partial charge on any atom is -0.396 e. The van der Waals surface area contributed by atoms with Crippen molar-refractivity contribution in [2.75, 3.05) is 32.8 Å². The average molecular weight is 374 g/mol. The van der Waals surface area contributed by atoms with Crippen LogP contribution in [0, 0.1) is 5.92 Å². The van der Waals surface area contributed by atoms with Crippen LogP contribution in [0.25, 0.3) is 0 Å². The number of benzene rings is 1. The standard InChI is InChI=1S/C20H30N4O3/c1-3-7-15(10-13-25)14-23-20(21-4-2)22-11-12-24-18(26)16-8-5-6-9-17(16)19(24)27/h5-6,8-9,15,25H,3-4,7,10-14H2,1-2H3,(H2,21,22,23). The number of imide groups is 1. The van der Waals surface area contributed by atoms with Crippen LogP contribution in [0.3, 0.4) is 0 Å². The monoisotopic (exact) mass is 374 g/mol. The Kier molecular flexibility index (Phi) is 8.26. The molecular formula is C20H30N4O3. The van der Waals surface area contributed by atoms with Gasteiger partial charge in [-0.3, -0.25) is 19.5 Å². The van der Waals surface area contributed by atoms with E-state index in [9.17, 15) is 9.59 Å². The van der Waals surface area contributed by atoms with Crippen LogP contribution < -0.4 is 10.6 Å². The Morgan fingerprint density at radius 1 is 1.11 bits per heavy atom. The summed E-state index contributed by atoms with van der Waals surface area (Å²) in [5, 5.41) is 15.5. The summed E-state index contributed by atoms with van der Waals surface area (Å²) in [6.45, 7) is 6.34. The molecule has 1 atom stereocenters. The highest BCUT2D eigenvalue weighted by Crippen LogP contribution is 2.21. The lowest BCUT2D eigenvalue weighted by atomic mass is 10.0. The van der Waals surface area contributed by atoms with Crippen LogP contribution >= 0.6 is 0 Å².